The molecule has 1 aromatic heterocycles. The van der Waals surface area contributed by atoms with Crippen molar-refractivity contribution >= 4 is 25.8 Å². The third kappa shape index (κ3) is 3.52. The number of hydrogen-bond donors (Lipinski definition) is 0. The maximum absolute atomic E-state index is 12.4. The summed E-state index contributed by atoms with van der Waals surface area (Å²) < 4.78 is 31.1. The second kappa shape index (κ2) is 6.38. The molecule has 0 aliphatic heterocycles. The van der Waals surface area contributed by atoms with Crippen LogP contribution < -0.4 is 0 Å². The maximum Gasteiger partial charge on any atom is 0.230 e. The highest BCUT2D eigenvalue weighted by Crippen LogP contribution is 2.54. The third-order valence-corrected chi connectivity index (χ3v) is 6.47. The summed E-state index contributed by atoms with van der Waals surface area (Å²) >= 11 is 3.43. The first kappa shape index (κ1) is 16.5. The average molecular weight is 419 g/mol. The Bertz CT molecular complexity index is 985. The van der Waals surface area contributed by atoms with Crippen LogP contribution in [0.3, 0.4) is 0 Å². The zero-order valence-electron chi connectivity index (χ0n) is 13.2. The highest BCUT2D eigenvalue weighted by Gasteiger charge is 2.43. The third-order valence-electron chi connectivity index (χ3n) is 4.31. The highest BCUT2D eigenvalue weighted by molar-refractivity contribution is 9.10. The predicted octanol–water partition coefficient (Wildman–Crippen LogP) is 4.08. The standard InChI is InChI=1S/C18H15BrN2O3S/c19-13-8-6-12(7-9-13)15-10-16(15)18-20-17(21-24-18)11-25(22,23)14-4-2-1-3-5-14/h1-9,15-16H,10-11H2/t15-,16+/m0/s1. The van der Waals surface area contributed by atoms with Crippen molar-refractivity contribution in [1.82, 2.24) is 10.1 Å². The molecule has 0 spiro atoms. The molecule has 1 aliphatic rings. The highest BCUT2D eigenvalue weighted by atomic mass is 79.9. The molecule has 1 fully saturated rings. The van der Waals surface area contributed by atoms with Crippen LogP contribution in [-0.4, -0.2) is 18.6 Å². The number of benzene rings is 2. The molecule has 5 nitrogen and oxygen atoms in total. The van der Waals surface area contributed by atoms with Gasteiger partial charge in [0.25, 0.3) is 0 Å². The van der Waals surface area contributed by atoms with Crippen molar-refractivity contribution in [1.29, 1.82) is 0 Å². The van der Waals surface area contributed by atoms with Crippen LogP contribution in [0.25, 0.3) is 0 Å². The minimum absolute atomic E-state index is 0.168. The summed E-state index contributed by atoms with van der Waals surface area (Å²) in [6.07, 6.45) is 0.939. The van der Waals surface area contributed by atoms with Crippen molar-refractivity contribution in [3.05, 3.63) is 76.3 Å². The van der Waals surface area contributed by atoms with Gasteiger partial charge in [-0.25, -0.2) is 8.42 Å². The van der Waals surface area contributed by atoms with E-state index in [9.17, 15) is 8.42 Å². The Labute approximate surface area is 154 Å². The van der Waals surface area contributed by atoms with Crippen LogP contribution >= 0.6 is 15.9 Å². The fourth-order valence-corrected chi connectivity index (χ4v) is 4.36. The van der Waals surface area contributed by atoms with Gasteiger partial charge in [-0.1, -0.05) is 51.4 Å². The van der Waals surface area contributed by atoms with E-state index in [1.165, 1.54) is 5.56 Å². The number of sulfone groups is 1. The number of nitrogens with zero attached hydrogens (tertiary/aromatic N) is 2. The van der Waals surface area contributed by atoms with Crippen LogP contribution in [0.4, 0.5) is 0 Å². The first-order chi connectivity index (χ1) is 12.0. The minimum Gasteiger partial charge on any atom is -0.339 e. The van der Waals surface area contributed by atoms with Gasteiger partial charge in [0.05, 0.1) is 4.90 Å². The van der Waals surface area contributed by atoms with Crippen LogP contribution in [0.15, 0.2) is 68.5 Å². The molecule has 4 rings (SSSR count). The van der Waals surface area contributed by atoms with Gasteiger partial charge in [0.2, 0.25) is 5.89 Å². The quantitative estimate of drug-likeness (QED) is 0.623. The number of hydrogen-bond acceptors (Lipinski definition) is 5. The molecule has 0 amide bonds. The first-order valence-corrected chi connectivity index (χ1v) is 10.3. The molecule has 2 aromatic carbocycles. The lowest BCUT2D eigenvalue weighted by Gasteiger charge is -2.00. The second-order valence-electron chi connectivity index (χ2n) is 6.12. The molecular formula is C18H15BrN2O3S. The zero-order valence-corrected chi connectivity index (χ0v) is 15.6. The van der Waals surface area contributed by atoms with Crippen LogP contribution in [0.5, 0.6) is 0 Å². The van der Waals surface area contributed by atoms with E-state index in [0.717, 1.165) is 10.9 Å². The van der Waals surface area contributed by atoms with Gasteiger partial charge in [0, 0.05) is 10.4 Å². The summed E-state index contributed by atoms with van der Waals surface area (Å²) in [5.74, 6) is 0.997. The van der Waals surface area contributed by atoms with E-state index in [4.69, 9.17) is 4.52 Å². The molecule has 0 radical (unpaired) electrons. The van der Waals surface area contributed by atoms with Crippen molar-refractivity contribution in [3.8, 4) is 0 Å². The Morgan fingerprint density at radius 2 is 1.76 bits per heavy atom. The van der Waals surface area contributed by atoms with E-state index in [-0.39, 0.29) is 22.4 Å². The molecule has 25 heavy (non-hydrogen) atoms. The molecule has 0 saturated heterocycles. The molecule has 128 valence electrons. The Hall–Kier alpha value is -1.99. The van der Waals surface area contributed by atoms with E-state index in [0.29, 0.717) is 11.8 Å². The Morgan fingerprint density at radius 1 is 1.04 bits per heavy atom. The lowest BCUT2D eigenvalue weighted by Crippen LogP contribution is -2.06. The van der Waals surface area contributed by atoms with Gasteiger partial charge in [-0.3, -0.25) is 0 Å². The Kier molecular flexibility index (Phi) is 4.21. The van der Waals surface area contributed by atoms with Crippen LogP contribution in [0.1, 0.15) is 35.5 Å². The summed E-state index contributed by atoms with van der Waals surface area (Å²) in [6, 6.07) is 16.5. The molecule has 3 aromatic rings. The zero-order chi connectivity index (χ0) is 17.4. The van der Waals surface area contributed by atoms with E-state index in [2.05, 4.69) is 38.2 Å². The van der Waals surface area contributed by atoms with E-state index >= 15 is 0 Å². The summed E-state index contributed by atoms with van der Waals surface area (Å²) in [5.41, 5.74) is 1.23. The maximum atomic E-state index is 12.4. The summed E-state index contributed by atoms with van der Waals surface area (Å²) in [5, 5.41) is 3.86. The summed E-state index contributed by atoms with van der Waals surface area (Å²) in [7, 11) is -3.47. The van der Waals surface area contributed by atoms with Crippen molar-refractivity contribution in [3.63, 3.8) is 0 Å². The number of aromatic nitrogens is 2. The van der Waals surface area contributed by atoms with Gasteiger partial charge in [-0.15, -0.1) is 0 Å². The van der Waals surface area contributed by atoms with Crippen LogP contribution in [0, 0.1) is 0 Å². The number of rotatable bonds is 5. The molecule has 0 N–H and O–H groups in total. The van der Waals surface area contributed by atoms with E-state index in [1.54, 1.807) is 30.3 Å². The van der Waals surface area contributed by atoms with E-state index in [1.807, 2.05) is 12.1 Å². The summed E-state index contributed by atoms with van der Waals surface area (Å²) in [4.78, 5) is 4.57. The van der Waals surface area contributed by atoms with Crippen molar-refractivity contribution in [2.75, 3.05) is 0 Å². The molecule has 1 aliphatic carbocycles. The van der Waals surface area contributed by atoms with Gasteiger partial charge in [-0.2, -0.15) is 4.98 Å². The molecular weight excluding hydrogens is 404 g/mol. The Morgan fingerprint density at radius 3 is 2.48 bits per heavy atom. The van der Waals surface area contributed by atoms with Gasteiger partial charge in [0.1, 0.15) is 5.75 Å². The summed E-state index contributed by atoms with van der Waals surface area (Å²) in [6.45, 7) is 0. The van der Waals surface area contributed by atoms with Crippen LogP contribution in [0.2, 0.25) is 0 Å². The smallest absolute Gasteiger partial charge is 0.230 e. The van der Waals surface area contributed by atoms with Gasteiger partial charge < -0.3 is 4.52 Å². The van der Waals surface area contributed by atoms with E-state index < -0.39 is 9.84 Å². The van der Waals surface area contributed by atoms with Gasteiger partial charge in [0.15, 0.2) is 15.7 Å². The fraction of sp³-hybridized carbons (Fsp3) is 0.222. The molecule has 1 heterocycles. The monoisotopic (exact) mass is 418 g/mol. The SMILES string of the molecule is O=S(=O)(Cc1noc([C@@H]2C[C@H]2c2ccc(Br)cc2)n1)c1ccccc1. The topological polar surface area (TPSA) is 73.1 Å². The van der Waals surface area contributed by atoms with Crippen molar-refractivity contribution in [2.45, 2.75) is 28.9 Å². The minimum atomic E-state index is -3.47. The van der Waals surface area contributed by atoms with Crippen molar-refractivity contribution < 1.29 is 12.9 Å². The predicted molar refractivity (Wildman–Crippen MR) is 95.9 cm³/mol. The fourth-order valence-electron chi connectivity index (χ4n) is 2.90. The van der Waals surface area contributed by atoms with Gasteiger partial charge >= 0.3 is 0 Å². The normalized spacial score (nSPS) is 19.7. The lowest BCUT2D eigenvalue weighted by atomic mass is 10.1. The lowest BCUT2D eigenvalue weighted by molar-refractivity contribution is 0.374. The van der Waals surface area contributed by atoms with Gasteiger partial charge in [-0.05, 0) is 42.2 Å². The Balaban J connectivity index is 1.47. The van der Waals surface area contributed by atoms with Crippen molar-refractivity contribution in [2.24, 2.45) is 0 Å². The second-order valence-corrected chi connectivity index (χ2v) is 9.03. The molecule has 0 bridgehead atoms. The average Bonchev–Trinajstić information content (AvgIpc) is 3.28. The molecule has 7 heteroatoms. The molecule has 1 saturated carbocycles. The molecule has 0 unspecified atom stereocenters. The van der Waals surface area contributed by atoms with Crippen LogP contribution in [-0.2, 0) is 15.6 Å². The largest absolute Gasteiger partial charge is 0.339 e. The first-order valence-electron chi connectivity index (χ1n) is 7.89. The molecule has 2 atom stereocenters. The number of halogens is 1.